The zero-order valence-corrected chi connectivity index (χ0v) is 8.74. The molecule has 84 valence electrons. The summed E-state index contributed by atoms with van der Waals surface area (Å²) in [5, 5.41) is 3.17. The maximum Gasteiger partial charge on any atom is 0.239 e. The van der Waals surface area contributed by atoms with Gasteiger partial charge in [0.1, 0.15) is 0 Å². The fraction of sp³-hybridized carbons (Fsp3) is 0.800. The molecular weight excluding hydrogens is 194 g/mol. The molecule has 0 aromatic heterocycles. The molecule has 2 aliphatic rings. The van der Waals surface area contributed by atoms with Crippen LogP contribution in [-0.2, 0) is 9.59 Å². The number of primary amides is 1. The van der Waals surface area contributed by atoms with Crippen LogP contribution in [-0.4, -0.2) is 42.4 Å². The molecular formula is C10H17N3O2. The monoisotopic (exact) mass is 211 g/mol. The molecule has 2 aliphatic heterocycles. The van der Waals surface area contributed by atoms with Crippen LogP contribution in [0.1, 0.15) is 19.3 Å². The summed E-state index contributed by atoms with van der Waals surface area (Å²) in [5.74, 6) is -0.295. The van der Waals surface area contributed by atoms with Gasteiger partial charge in [-0.1, -0.05) is 0 Å². The lowest BCUT2D eigenvalue weighted by Gasteiger charge is -2.20. The number of nitrogens with two attached hydrogens (primary N) is 1. The van der Waals surface area contributed by atoms with E-state index in [9.17, 15) is 9.59 Å². The Morgan fingerprint density at radius 3 is 2.67 bits per heavy atom. The Balaban J connectivity index is 1.89. The van der Waals surface area contributed by atoms with Crippen LogP contribution in [0.3, 0.4) is 0 Å². The first-order valence-corrected chi connectivity index (χ1v) is 5.50. The Bertz CT molecular complexity index is 274. The lowest BCUT2D eigenvalue weighted by molar-refractivity contribution is -0.132. The van der Waals surface area contributed by atoms with E-state index >= 15 is 0 Å². The first-order chi connectivity index (χ1) is 7.18. The minimum atomic E-state index is -0.287. The second kappa shape index (κ2) is 4.18. The average molecular weight is 211 g/mol. The Labute approximate surface area is 89.0 Å². The maximum absolute atomic E-state index is 11.9. The van der Waals surface area contributed by atoms with Crippen LogP contribution in [0.4, 0.5) is 0 Å². The quantitative estimate of drug-likeness (QED) is 0.620. The van der Waals surface area contributed by atoms with Crippen molar-refractivity contribution < 1.29 is 9.59 Å². The molecule has 2 atom stereocenters. The van der Waals surface area contributed by atoms with Gasteiger partial charge in [0, 0.05) is 13.1 Å². The predicted molar refractivity (Wildman–Crippen MR) is 54.9 cm³/mol. The second-order valence-electron chi connectivity index (χ2n) is 4.32. The van der Waals surface area contributed by atoms with Crippen molar-refractivity contribution in [1.82, 2.24) is 10.2 Å². The molecule has 2 heterocycles. The Morgan fingerprint density at radius 2 is 2.13 bits per heavy atom. The van der Waals surface area contributed by atoms with Crippen molar-refractivity contribution in [3.63, 3.8) is 0 Å². The largest absolute Gasteiger partial charge is 0.369 e. The summed E-state index contributed by atoms with van der Waals surface area (Å²) in [6, 6.07) is -0.0309. The summed E-state index contributed by atoms with van der Waals surface area (Å²) in [4.78, 5) is 24.6. The molecule has 0 bridgehead atoms. The van der Waals surface area contributed by atoms with Gasteiger partial charge in [-0.2, -0.15) is 0 Å². The molecule has 0 aromatic carbocycles. The second-order valence-corrected chi connectivity index (χ2v) is 4.32. The van der Waals surface area contributed by atoms with E-state index in [0.717, 1.165) is 19.4 Å². The van der Waals surface area contributed by atoms with Crippen molar-refractivity contribution in [2.45, 2.75) is 25.3 Å². The predicted octanol–water partition coefficient (Wildman–Crippen LogP) is -0.928. The van der Waals surface area contributed by atoms with Gasteiger partial charge in [-0.3, -0.25) is 9.59 Å². The van der Waals surface area contributed by atoms with E-state index in [1.54, 1.807) is 4.90 Å². The Morgan fingerprint density at radius 1 is 1.33 bits per heavy atom. The van der Waals surface area contributed by atoms with Crippen molar-refractivity contribution in [3.05, 3.63) is 0 Å². The molecule has 15 heavy (non-hydrogen) atoms. The van der Waals surface area contributed by atoms with Gasteiger partial charge in [-0.05, 0) is 25.8 Å². The van der Waals surface area contributed by atoms with Crippen LogP contribution >= 0.6 is 0 Å². The summed E-state index contributed by atoms with van der Waals surface area (Å²) in [6.07, 6.45) is 2.69. The minimum absolute atomic E-state index is 0.0309. The van der Waals surface area contributed by atoms with Gasteiger partial charge >= 0.3 is 0 Å². The number of hydrogen-bond acceptors (Lipinski definition) is 3. The highest BCUT2D eigenvalue weighted by Crippen LogP contribution is 2.18. The molecule has 3 N–H and O–H groups in total. The summed E-state index contributed by atoms with van der Waals surface area (Å²) in [5.41, 5.74) is 5.22. The van der Waals surface area contributed by atoms with Crippen LogP contribution in [0.5, 0.6) is 0 Å². The average Bonchev–Trinajstić information content (AvgIpc) is 2.88. The van der Waals surface area contributed by atoms with Crippen LogP contribution in [0, 0.1) is 5.92 Å². The third-order valence-electron chi connectivity index (χ3n) is 3.26. The Hall–Kier alpha value is -1.10. The molecule has 0 spiro atoms. The maximum atomic E-state index is 11.9. The highest BCUT2D eigenvalue weighted by Gasteiger charge is 2.33. The molecule has 0 radical (unpaired) electrons. The molecule has 2 unspecified atom stereocenters. The van der Waals surface area contributed by atoms with E-state index in [-0.39, 0.29) is 23.8 Å². The summed E-state index contributed by atoms with van der Waals surface area (Å²) in [6.45, 7) is 2.10. The van der Waals surface area contributed by atoms with Crippen molar-refractivity contribution in [1.29, 1.82) is 0 Å². The molecule has 2 rings (SSSR count). The number of nitrogens with zero attached hydrogens (tertiary/aromatic N) is 1. The first kappa shape index (κ1) is 10.4. The molecule has 2 saturated heterocycles. The van der Waals surface area contributed by atoms with Crippen molar-refractivity contribution in [3.8, 4) is 0 Å². The third-order valence-corrected chi connectivity index (χ3v) is 3.26. The van der Waals surface area contributed by atoms with Crippen LogP contribution in [0.2, 0.25) is 0 Å². The van der Waals surface area contributed by atoms with Crippen molar-refractivity contribution >= 4 is 11.8 Å². The molecule has 0 aliphatic carbocycles. The summed E-state index contributed by atoms with van der Waals surface area (Å²) < 4.78 is 0. The lowest BCUT2D eigenvalue weighted by atomic mass is 10.1. The van der Waals surface area contributed by atoms with Gasteiger partial charge in [-0.25, -0.2) is 0 Å². The number of carbonyl (C=O) groups excluding carboxylic acids is 2. The SMILES string of the molecule is NC(=O)C1CCN(C(=O)C2CCCN2)C1. The van der Waals surface area contributed by atoms with E-state index in [2.05, 4.69) is 5.32 Å². The molecule has 5 heteroatoms. The van der Waals surface area contributed by atoms with Crippen LogP contribution < -0.4 is 11.1 Å². The van der Waals surface area contributed by atoms with E-state index < -0.39 is 0 Å². The molecule has 2 amide bonds. The fourth-order valence-corrected chi connectivity index (χ4v) is 2.31. The normalized spacial score (nSPS) is 30.8. The molecule has 0 aromatic rings. The van der Waals surface area contributed by atoms with E-state index in [4.69, 9.17) is 5.73 Å². The standard InChI is InChI=1S/C10H17N3O2/c11-9(14)7-3-5-13(6-7)10(15)8-2-1-4-12-8/h7-8,12H,1-6H2,(H2,11,14). The zero-order valence-electron chi connectivity index (χ0n) is 8.74. The Kier molecular flexibility index (Phi) is 2.90. The summed E-state index contributed by atoms with van der Waals surface area (Å²) in [7, 11) is 0. The van der Waals surface area contributed by atoms with Crippen LogP contribution in [0.25, 0.3) is 0 Å². The molecule has 0 saturated carbocycles. The van der Waals surface area contributed by atoms with Gasteiger partial charge in [0.2, 0.25) is 11.8 Å². The number of nitrogens with one attached hydrogen (secondary N) is 1. The van der Waals surface area contributed by atoms with Gasteiger partial charge in [0.25, 0.3) is 0 Å². The topological polar surface area (TPSA) is 75.4 Å². The van der Waals surface area contributed by atoms with E-state index in [1.165, 1.54) is 0 Å². The highest BCUT2D eigenvalue weighted by molar-refractivity contribution is 5.84. The van der Waals surface area contributed by atoms with Crippen molar-refractivity contribution in [2.24, 2.45) is 11.7 Å². The number of rotatable bonds is 2. The molecule has 5 nitrogen and oxygen atoms in total. The van der Waals surface area contributed by atoms with E-state index in [0.29, 0.717) is 19.5 Å². The molecule has 2 fully saturated rings. The number of amides is 2. The summed E-state index contributed by atoms with van der Waals surface area (Å²) >= 11 is 0. The van der Waals surface area contributed by atoms with Gasteiger partial charge < -0.3 is 16.0 Å². The van der Waals surface area contributed by atoms with Gasteiger partial charge in [0.05, 0.1) is 12.0 Å². The zero-order chi connectivity index (χ0) is 10.8. The minimum Gasteiger partial charge on any atom is -0.369 e. The lowest BCUT2D eigenvalue weighted by Crippen LogP contribution is -2.43. The fourth-order valence-electron chi connectivity index (χ4n) is 2.31. The number of carbonyl (C=O) groups is 2. The number of likely N-dealkylation sites (tertiary alicyclic amines) is 1. The first-order valence-electron chi connectivity index (χ1n) is 5.50. The van der Waals surface area contributed by atoms with Gasteiger partial charge in [-0.15, -0.1) is 0 Å². The van der Waals surface area contributed by atoms with Gasteiger partial charge in [0.15, 0.2) is 0 Å². The van der Waals surface area contributed by atoms with E-state index in [1.807, 2.05) is 0 Å². The highest BCUT2D eigenvalue weighted by atomic mass is 16.2. The smallest absolute Gasteiger partial charge is 0.239 e. The van der Waals surface area contributed by atoms with Crippen molar-refractivity contribution in [2.75, 3.05) is 19.6 Å². The number of hydrogen-bond donors (Lipinski definition) is 2. The van der Waals surface area contributed by atoms with Crippen LogP contribution in [0.15, 0.2) is 0 Å². The third kappa shape index (κ3) is 2.12.